The number of alkyl carbamates (subject to hydrolysis) is 5. The van der Waals surface area contributed by atoms with Crippen molar-refractivity contribution in [3.63, 3.8) is 0 Å². The van der Waals surface area contributed by atoms with E-state index in [-0.39, 0.29) is 122 Å². The number of carbonyl (C=O) groups excluding carboxylic acids is 8. The molecule has 3 saturated carbocycles. The first-order valence-corrected chi connectivity index (χ1v) is 35.3. The molecule has 0 spiro atoms. The van der Waals surface area contributed by atoms with Crippen LogP contribution in [0.25, 0.3) is 6.08 Å². The lowest BCUT2D eigenvalue weighted by molar-refractivity contribution is -0.145. The Bertz CT molecular complexity index is 3250. The van der Waals surface area contributed by atoms with E-state index in [2.05, 4.69) is 80.0 Å². The summed E-state index contributed by atoms with van der Waals surface area (Å²) in [6.45, 7) is 23.2. The molecule has 0 bridgehead atoms. The summed E-state index contributed by atoms with van der Waals surface area (Å²) in [6.07, 6.45) is 4.82. The molecule has 7 unspecified atom stereocenters. The third-order valence-corrected chi connectivity index (χ3v) is 19.1. The van der Waals surface area contributed by atoms with Gasteiger partial charge < -0.3 is 103 Å². The van der Waals surface area contributed by atoms with E-state index in [1.165, 1.54) is 66.9 Å². The van der Waals surface area contributed by atoms with E-state index in [9.17, 15) is 38.4 Å². The molecule has 0 aromatic heterocycles. The second-order valence-corrected chi connectivity index (χ2v) is 30.8. The smallest absolute Gasteiger partial charge is 0.407 e. The number of amides is 6. The Morgan fingerprint density at radius 3 is 1.10 bits per heavy atom. The van der Waals surface area contributed by atoms with E-state index in [4.69, 9.17) is 71.1 Å². The molecule has 29 heteroatoms. The second-order valence-electron chi connectivity index (χ2n) is 30.8. The van der Waals surface area contributed by atoms with Crippen LogP contribution in [0.4, 0.5) is 24.0 Å². The fraction of sp³-hybridized carbons (Fsp3) is 0.632. The van der Waals surface area contributed by atoms with Gasteiger partial charge in [0.05, 0.1) is 48.2 Å². The minimum atomic E-state index is -1.54. The lowest BCUT2D eigenvalue weighted by Gasteiger charge is -2.47. The Morgan fingerprint density at radius 2 is 0.781 bits per heavy atom. The minimum absolute atomic E-state index is 0.0441. The normalized spacial score (nSPS) is 21.8. The van der Waals surface area contributed by atoms with Crippen LogP contribution in [-0.2, 0) is 33.2 Å². The van der Waals surface area contributed by atoms with Crippen molar-refractivity contribution in [3.8, 4) is 51.7 Å². The van der Waals surface area contributed by atoms with Gasteiger partial charge in [0.1, 0.15) is 94.9 Å². The Labute approximate surface area is 616 Å². The summed E-state index contributed by atoms with van der Waals surface area (Å²) >= 11 is 0. The molecule has 3 aliphatic carbocycles. The van der Waals surface area contributed by atoms with Crippen molar-refractivity contribution in [2.45, 2.75) is 157 Å². The van der Waals surface area contributed by atoms with Crippen LogP contribution in [0, 0.1) is 32.5 Å². The molecule has 0 saturated heterocycles. The SMILES string of the molecule is C=Cc1c(OC)cc(OCCOC(=O)NCC2(C)CC(NC(=O)OCC(CC)(COC(=O)NC3CC(C)(C)CC(C)(CNC(=O)OCCOc4c(OC)cc(C=O)cc4OC)C3)OCC(=O)NC3CC(C)(C)CC(C)(CNC(=O)OCCOc4c(OC)cc(C=O)cc4OC)C3)CC(C)(C)C2)cc1OC. The van der Waals surface area contributed by atoms with Crippen LogP contribution < -0.4 is 74.5 Å². The first-order valence-electron chi connectivity index (χ1n) is 35.3. The average molecular weight is 1480 g/mol. The largest absolute Gasteiger partial charge is 0.496 e. The molecule has 0 aliphatic heterocycles. The Kier molecular flexibility index (Phi) is 30.7. The van der Waals surface area contributed by atoms with Gasteiger partial charge in [0, 0.05) is 61.0 Å². The van der Waals surface area contributed by atoms with Gasteiger partial charge in [-0.2, -0.15) is 0 Å². The van der Waals surface area contributed by atoms with Crippen LogP contribution in [-0.4, -0.2) is 194 Å². The fourth-order valence-corrected chi connectivity index (χ4v) is 15.6. The van der Waals surface area contributed by atoms with Gasteiger partial charge in [-0.1, -0.05) is 81.9 Å². The van der Waals surface area contributed by atoms with E-state index < -0.39 is 90.1 Å². The maximum Gasteiger partial charge on any atom is 0.407 e. The molecule has 29 nitrogen and oxygen atoms in total. The molecule has 105 heavy (non-hydrogen) atoms. The Morgan fingerprint density at radius 1 is 0.448 bits per heavy atom. The zero-order chi connectivity index (χ0) is 77.4. The van der Waals surface area contributed by atoms with E-state index >= 15 is 0 Å². The van der Waals surface area contributed by atoms with Crippen molar-refractivity contribution in [1.82, 2.24) is 31.9 Å². The monoisotopic (exact) mass is 1480 g/mol. The van der Waals surface area contributed by atoms with Crippen LogP contribution in [0.2, 0.25) is 0 Å². The van der Waals surface area contributed by atoms with Crippen molar-refractivity contribution in [3.05, 3.63) is 59.7 Å². The lowest BCUT2D eigenvalue weighted by Crippen LogP contribution is -2.53. The lowest BCUT2D eigenvalue weighted by atomic mass is 9.62. The number of hydrogen-bond acceptors (Lipinski definition) is 23. The van der Waals surface area contributed by atoms with Crippen molar-refractivity contribution < 1.29 is 109 Å². The summed E-state index contributed by atoms with van der Waals surface area (Å²) in [5.74, 6) is 2.58. The number of ether oxygens (including phenoxy) is 15. The van der Waals surface area contributed by atoms with E-state index in [1.54, 1.807) is 25.1 Å². The number of aldehydes is 2. The summed E-state index contributed by atoms with van der Waals surface area (Å²) < 4.78 is 84.8. The van der Waals surface area contributed by atoms with Crippen LogP contribution in [0.1, 0.15) is 160 Å². The van der Waals surface area contributed by atoms with Gasteiger partial charge in [-0.3, -0.25) is 14.4 Å². The van der Waals surface area contributed by atoms with Gasteiger partial charge in [0.25, 0.3) is 0 Å². The van der Waals surface area contributed by atoms with Gasteiger partial charge in [-0.05, 0) is 121 Å². The third-order valence-electron chi connectivity index (χ3n) is 19.1. The highest BCUT2D eigenvalue weighted by atomic mass is 16.6. The molecule has 3 aliphatic rings. The molecule has 584 valence electrons. The number of nitrogens with one attached hydrogen (secondary N) is 6. The van der Waals surface area contributed by atoms with Crippen molar-refractivity contribution in [1.29, 1.82) is 0 Å². The average Bonchev–Trinajstić information content (AvgIpc) is 0.788. The molecule has 6 amide bonds. The highest BCUT2D eigenvalue weighted by molar-refractivity contribution is 5.80. The Hall–Kier alpha value is -9.28. The number of methoxy groups -OCH3 is 6. The quantitative estimate of drug-likeness (QED) is 0.0176. The van der Waals surface area contributed by atoms with Crippen molar-refractivity contribution in [2.24, 2.45) is 32.5 Å². The molecule has 6 rings (SSSR count). The molecule has 6 N–H and O–H groups in total. The maximum absolute atomic E-state index is 14.2. The minimum Gasteiger partial charge on any atom is -0.496 e. The second kappa shape index (κ2) is 38.1. The van der Waals surface area contributed by atoms with Crippen molar-refractivity contribution >= 4 is 55.0 Å². The molecule has 0 radical (unpaired) electrons. The highest BCUT2D eigenvalue weighted by Gasteiger charge is 2.46. The zero-order valence-corrected chi connectivity index (χ0v) is 64.1. The maximum atomic E-state index is 14.2. The van der Waals surface area contributed by atoms with E-state index in [1.807, 2.05) is 20.8 Å². The third kappa shape index (κ3) is 26.1. The van der Waals surface area contributed by atoms with Crippen LogP contribution in [0.5, 0.6) is 51.7 Å². The molecule has 3 aromatic carbocycles. The Balaban J connectivity index is 1.07. The standard InChI is InChI=1S/C76H112N6O23/c1-18-55-56(91-12)30-54(31-57(55)92-13)97-20-23-100-65(86)78-45-74(10)36-52(33-71(5,6)42-74)81-68(89)103-47-76(19-2,48-104-69(90)82-53-34-72(7,8)43-75(11,37-53)46-79-67(88)102-25-22-99-64-60(95-16)28-50(39-84)29-61(64)96-17)105-40-62(85)80-51-32-70(3,4)41-73(9,35-51)44-77-66(87)101-24-21-98-63-58(93-14)26-49(38-83)27-59(63)94-15/h18,26-31,38-39,51-53H,1,19-25,32-37,40-48H2,2-17H3,(H,77,87)(H,78,86)(H,79,88)(H,80,85)(H,81,89)(H,82,90). The molecule has 3 aromatic rings. The summed E-state index contributed by atoms with van der Waals surface area (Å²) in [5, 5.41) is 17.9. The fourth-order valence-electron chi connectivity index (χ4n) is 15.6. The molecule has 0 heterocycles. The van der Waals surface area contributed by atoms with E-state index in [0.717, 1.165) is 0 Å². The van der Waals surface area contributed by atoms with Gasteiger partial charge in [-0.15, -0.1) is 0 Å². The first kappa shape index (κ1) is 84.7. The van der Waals surface area contributed by atoms with Gasteiger partial charge in [0.15, 0.2) is 23.0 Å². The molecule has 7 atom stereocenters. The van der Waals surface area contributed by atoms with Gasteiger partial charge >= 0.3 is 30.5 Å². The molecule has 3 fully saturated rings. The van der Waals surface area contributed by atoms with Crippen LogP contribution >= 0.6 is 0 Å². The van der Waals surface area contributed by atoms with Crippen LogP contribution in [0.15, 0.2) is 43.0 Å². The zero-order valence-electron chi connectivity index (χ0n) is 64.1. The predicted molar refractivity (Wildman–Crippen MR) is 389 cm³/mol. The highest BCUT2D eigenvalue weighted by Crippen LogP contribution is 2.49. The first-order chi connectivity index (χ1) is 49.6. The summed E-state index contributed by atoms with van der Waals surface area (Å²) in [6, 6.07) is 8.24. The number of carbonyl (C=O) groups is 8. The van der Waals surface area contributed by atoms with E-state index in [0.29, 0.717) is 104 Å². The number of benzene rings is 3. The van der Waals surface area contributed by atoms with Crippen LogP contribution in [0.3, 0.4) is 0 Å². The topological polar surface area (TPSA) is 347 Å². The predicted octanol–water partition coefficient (Wildman–Crippen LogP) is 11.2. The van der Waals surface area contributed by atoms with Gasteiger partial charge in [-0.25, -0.2) is 24.0 Å². The molecular weight excluding hydrogens is 1360 g/mol. The molecular formula is C76H112N6O23. The van der Waals surface area contributed by atoms with Crippen molar-refractivity contribution in [2.75, 3.05) is 122 Å². The summed E-state index contributed by atoms with van der Waals surface area (Å²) in [5.41, 5.74) is -2.58. The number of hydrogen-bond donors (Lipinski definition) is 6. The summed E-state index contributed by atoms with van der Waals surface area (Å²) in [4.78, 5) is 105. The van der Waals surface area contributed by atoms with Gasteiger partial charge in [0.2, 0.25) is 17.4 Å². The number of rotatable bonds is 38. The summed E-state index contributed by atoms with van der Waals surface area (Å²) in [7, 11) is 8.77.